The van der Waals surface area contributed by atoms with Crippen molar-refractivity contribution in [3.05, 3.63) is 64.5 Å². The lowest BCUT2D eigenvalue weighted by atomic mass is 10.0. The van der Waals surface area contributed by atoms with Crippen LogP contribution in [-0.2, 0) is 0 Å². The van der Waals surface area contributed by atoms with Crippen LogP contribution in [-0.4, -0.2) is 10.8 Å². The second kappa shape index (κ2) is 4.50. The molecule has 0 spiro atoms. The predicted octanol–water partition coefficient (Wildman–Crippen LogP) is 3.24. The Morgan fingerprint density at radius 2 is 1.82 bits per heavy atom. The van der Waals surface area contributed by atoms with Crippen LogP contribution in [0, 0.1) is 20.8 Å². The molecule has 0 aliphatic rings. The van der Waals surface area contributed by atoms with Gasteiger partial charge < -0.3 is 0 Å². The van der Waals surface area contributed by atoms with Gasteiger partial charge >= 0.3 is 0 Å². The summed E-state index contributed by atoms with van der Waals surface area (Å²) in [6.45, 7) is 5.78. The molecule has 0 atom stereocenters. The molecule has 0 N–H and O–H groups in total. The van der Waals surface area contributed by atoms with Gasteiger partial charge in [0.2, 0.25) is 0 Å². The normalized spacial score (nSPS) is 10.3. The van der Waals surface area contributed by atoms with Crippen LogP contribution in [0.5, 0.6) is 0 Å². The van der Waals surface area contributed by atoms with E-state index in [1.165, 1.54) is 0 Å². The largest absolute Gasteiger partial charge is 0.289 e. The third-order valence-corrected chi connectivity index (χ3v) is 2.75. The molecular formula is C15H15NO. The molecule has 0 amide bonds. The van der Waals surface area contributed by atoms with E-state index in [1.807, 2.05) is 57.2 Å². The SMILES string of the molecule is Cc1cccc(C(=O)c2ccc(C)nc2C)c1. The minimum Gasteiger partial charge on any atom is -0.289 e. The van der Waals surface area contributed by atoms with E-state index in [9.17, 15) is 4.79 Å². The monoisotopic (exact) mass is 225 g/mol. The van der Waals surface area contributed by atoms with Crippen molar-refractivity contribution in [1.29, 1.82) is 0 Å². The first kappa shape index (κ1) is 11.5. The molecule has 0 bridgehead atoms. The Labute approximate surface area is 101 Å². The number of pyridine rings is 1. The predicted molar refractivity (Wildman–Crippen MR) is 68.3 cm³/mol. The molecular weight excluding hydrogens is 210 g/mol. The molecule has 1 aromatic carbocycles. The highest BCUT2D eigenvalue weighted by molar-refractivity contribution is 6.09. The summed E-state index contributed by atoms with van der Waals surface area (Å²) in [5, 5.41) is 0. The summed E-state index contributed by atoms with van der Waals surface area (Å²) in [5.74, 6) is 0.0405. The fraction of sp³-hybridized carbons (Fsp3) is 0.200. The Kier molecular flexibility index (Phi) is 3.05. The maximum absolute atomic E-state index is 12.3. The number of hydrogen-bond donors (Lipinski definition) is 0. The Balaban J connectivity index is 2.44. The Morgan fingerprint density at radius 3 is 2.47 bits per heavy atom. The summed E-state index contributed by atoms with van der Waals surface area (Å²) < 4.78 is 0. The summed E-state index contributed by atoms with van der Waals surface area (Å²) in [6, 6.07) is 11.4. The topological polar surface area (TPSA) is 30.0 Å². The second-order valence-corrected chi connectivity index (χ2v) is 4.28. The molecule has 2 aromatic rings. The molecule has 1 aromatic heterocycles. The quantitative estimate of drug-likeness (QED) is 0.734. The molecule has 0 saturated heterocycles. The van der Waals surface area contributed by atoms with Crippen molar-refractivity contribution in [2.75, 3.05) is 0 Å². The van der Waals surface area contributed by atoms with Crippen LogP contribution in [0.15, 0.2) is 36.4 Å². The lowest BCUT2D eigenvalue weighted by Crippen LogP contribution is -2.05. The average Bonchev–Trinajstić information content (AvgIpc) is 2.28. The molecule has 86 valence electrons. The summed E-state index contributed by atoms with van der Waals surface area (Å²) in [5.41, 5.74) is 4.22. The van der Waals surface area contributed by atoms with Crippen molar-refractivity contribution in [3.63, 3.8) is 0 Å². The number of benzene rings is 1. The smallest absolute Gasteiger partial charge is 0.194 e. The molecule has 2 heteroatoms. The van der Waals surface area contributed by atoms with Crippen LogP contribution in [0.4, 0.5) is 0 Å². The van der Waals surface area contributed by atoms with E-state index < -0.39 is 0 Å². The number of carbonyl (C=O) groups is 1. The zero-order valence-corrected chi connectivity index (χ0v) is 10.3. The molecule has 17 heavy (non-hydrogen) atoms. The number of aryl methyl sites for hydroxylation is 3. The van der Waals surface area contributed by atoms with Crippen molar-refractivity contribution < 1.29 is 4.79 Å². The second-order valence-electron chi connectivity index (χ2n) is 4.28. The van der Waals surface area contributed by atoms with Gasteiger partial charge in [-0.3, -0.25) is 9.78 Å². The Morgan fingerprint density at radius 1 is 1.06 bits per heavy atom. The Hall–Kier alpha value is -1.96. The molecule has 2 nitrogen and oxygen atoms in total. The number of hydrogen-bond acceptors (Lipinski definition) is 2. The van der Waals surface area contributed by atoms with E-state index in [0.717, 1.165) is 22.5 Å². The minimum absolute atomic E-state index is 0.0405. The number of nitrogens with zero attached hydrogens (tertiary/aromatic N) is 1. The summed E-state index contributed by atoms with van der Waals surface area (Å²) in [7, 11) is 0. The number of carbonyl (C=O) groups excluding carboxylic acids is 1. The zero-order chi connectivity index (χ0) is 12.4. The van der Waals surface area contributed by atoms with Crippen molar-refractivity contribution in [2.45, 2.75) is 20.8 Å². The number of rotatable bonds is 2. The molecule has 0 radical (unpaired) electrons. The van der Waals surface area contributed by atoms with Crippen molar-refractivity contribution in [3.8, 4) is 0 Å². The van der Waals surface area contributed by atoms with Crippen molar-refractivity contribution in [1.82, 2.24) is 4.98 Å². The first-order valence-electron chi connectivity index (χ1n) is 5.63. The van der Waals surface area contributed by atoms with E-state index in [-0.39, 0.29) is 5.78 Å². The molecule has 1 heterocycles. The summed E-state index contributed by atoms with van der Waals surface area (Å²) in [6.07, 6.45) is 0. The van der Waals surface area contributed by atoms with Crippen LogP contribution < -0.4 is 0 Å². The van der Waals surface area contributed by atoms with Gasteiger partial charge in [0.25, 0.3) is 0 Å². The standard InChI is InChI=1S/C15H15NO/c1-10-5-4-6-13(9-10)15(17)14-8-7-11(2)16-12(14)3/h4-9H,1-3H3. The fourth-order valence-corrected chi connectivity index (χ4v) is 1.87. The molecule has 2 rings (SSSR count). The van der Waals surface area contributed by atoms with E-state index in [0.29, 0.717) is 5.56 Å². The summed E-state index contributed by atoms with van der Waals surface area (Å²) >= 11 is 0. The highest BCUT2D eigenvalue weighted by Gasteiger charge is 2.12. The van der Waals surface area contributed by atoms with Crippen LogP contribution >= 0.6 is 0 Å². The van der Waals surface area contributed by atoms with Gasteiger partial charge in [0.1, 0.15) is 0 Å². The Bertz CT molecular complexity index is 573. The van der Waals surface area contributed by atoms with Gasteiger partial charge in [0.15, 0.2) is 5.78 Å². The average molecular weight is 225 g/mol. The van der Waals surface area contributed by atoms with Gasteiger partial charge in [0.05, 0.1) is 0 Å². The van der Waals surface area contributed by atoms with Gasteiger partial charge in [-0.15, -0.1) is 0 Å². The van der Waals surface area contributed by atoms with E-state index in [4.69, 9.17) is 0 Å². The molecule has 0 fully saturated rings. The van der Waals surface area contributed by atoms with Crippen LogP contribution in [0.1, 0.15) is 32.9 Å². The molecule has 0 aliphatic heterocycles. The van der Waals surface area contributed by atoms with Gasteiger partial charge in [-0.05, 0) is 39.0 Å². The van der Waals surface area contributed by atoms with Crippen LogP contribution in [0.3, 0.4) is 0 Å². The lowest BCUT2D eigenvalue weighted by Gasteiger charge is -2.05. The highest BCUT2D eigenvalue weighted by atomic mass is 16.1. The lowest BCUT2D eigenvalue weighted by molar-refractivity contribution is 0.103. The number of aromatic nitrogens is 1. The van der Waals surface area contributed by atoms with E-state index >= 15 is 0 Å². The fourth-order valence-electron chi connectivity index (χ4n) is 1.87. The van der Waals surface area contributed by atoms with Crippen molar-refractivity contribution in [2.24, 2.45) is 0 Å². The third kappa shape index (κ3) is 2.41. The maximum Gasteiger partial charge on any atom is 0.194 e. The van der Waals surface area contributed by atoms with Crippen molar-refractivity contribution >= 4 is 5.78 Å². The minimum atomic E-state index is 0.0405. The van der Waals surface area contributed by atoms with Gasteiger partial charge in [-0.2, -0.15) is 0 Å². The van der Waals surface area contributed by atoms with E-state index in [2.05, 4.69) is 4.98 Å². The molecule has 0 aliphatic carbocycles. The third-order valence-electron chi connectivity index (χ3n) is 2.75. The van der Waals surface area contributed by atoms with Crippen LogP contribution in [0.25, 0.3) is 0 Å². The zero-order valence-electron chi connectivity index (χ0n) is 10.3. The number of ketones is 1. The first-order chi connectivity index (χ1) is 8.08. The van der Waals surface area contributed by atoms with Gasteiger partial charge in [0, 0.05) is 22.5 Å². The maximum atomic E-state index is 12.3. The van der Waals surface area contributed by atoms with Crippen LogP contribution in [0.2, 0.25) is 0 Å². The molecule has 0 saturated carbocycles. The van der Waals surface area contributed by atoms with E-state index in [1.54, 1.807) is 0 Å². The summed E-state index contributed by atoms with van der Waals surface area (Å²) in [4.78, 5) is 16.6. The first-order valence-corrected chi connectivity index (χ1v) is 5.63. The van der Waals surface area contributed by atoms with Gasteiger partial charge in [-0.1, -0.05) is 23.8 Å². The van der Waals surface area contributed by atoms with Gasteiger partial charge in [-0.25, -0.2) is 0 Å². The molecule has 0 unspecified atom stereocenters. The highest BCUT2D eigenvalue weighted by Crippen LogP contribution is 2.14.